The van der Waals surface area contributed by atoms with Crippen molar-refractivity contribution in [3.05, 3.63) is 30.1 Å². The number of likely N-dealkylation sites (tertiary alicyclic amines) is 1. The maximum Gasteiger partial charge on any atom is 0.236 e. The highest BCUT2D eigenvalue weighted by atomic mass is 16.2. The molecule has 1 amide bonds. The van der Waals surface area contributed by atoms with Crippen LogP contribution in [0.1, 0.15) is 109 Å². The third kappa shape index (κ3) is 5.79. The van der Waals surface area contributed by atoms with Crippen molar-refractivity contribution in [2.45, 2.75) is 128 Å². The highest BCUT2D eigenvalue weighted by molar-refractivity contribution is 5.78. The lowest BCUT2D eigenvalue weighted by Gasteiger charge is -2.54. The predicted octanol–water partition coefficient (Wildman–Crippen LogP) is 6.69. The second kappa shape index (κ2) is 12.6. The van der Waals surface area contributed by atoms with Crippen molar-refractivity contribution in [2.24, 2.45) is 17.8 Å². The summed E-state index contributed by atoms with van der Waals surface area (Å²) in [6.07, 6.45) is 19.4. The third-order valence-corrected chi connectivity index (χ3v) is 12.1. The number of hydrogen-bond donors (Lipinski definition) is 0. The molecule has 1 aromatic heterocycles. The van der Waals surface area contributed by atoms with E-state index in [1.807, 2.05) is 4.90 Å². The Balaban J connectivity index is 1.08. The molecule has 3 aliphatic heterocycles. The summed E-state index contributed by atoms with van der Waals surface area (Å²) in [5, 5.41) is 0. The van der Waals surface area contributed by atoms with Crippen LogP contribution in [0.3, 0.4) is 0 Å². The van der Waals surface area contributed by atoms with Gasteiger partial charge in [0.25, 0.3) is 0 Å². The Morgan fingerprint density at radius 1 is 0.833 bits per heavy atom. The van der Waals surface area contributed by atoms with Gasteiger partial charge in [0.15, 0.2) is 0 Å². The fourth-order valence-electron chi connectivity index (χ4n) is 10.3. The second-order valence-electron chi connectivity index (χ2n) is 14.7. The monoisotopic (exact) mass is 573 g/mol. The van der Waals surface area contributed by atoms with Crippen molar-refractivity contribution in [1.29, 1.82) is 0 Å². The van der Waals surface area contributed by atoms with Crippen molar-refractivity contribution in [3.8, 4) is 0 Å². The molecule has 0 radical (unpaired) electrons. The number of piperidine rings is 2. The van der Waals surface area contributed by atoms with Gasteiger partial charge >= 0.3 is 0 Å². The van der Waals surface area contributed by atoms with Gasteiger partial charge in [-0.15, -0.1) is 0 Å². The Kier molecular flexibility index (Phi) is 8.64. The molecule has 42 heavy (non-hydrogen) atoms. The number of imidazole rings is 1. The number of rotatable bonds is 8. The molecular formula is C36H55N5O. The largest absolute Gasteiger partial charge is 0.342 e. The van der Waals surface area contributed by atoms with Gasteiger partial charge in [0.05, 0.1) is 17.6 Å². The zero-order valence-electron chi connectivity index (χ0n) is 26.4. The molecule has 2 unspecified atom stereocenters. The Morgan fingerprint density at radius 3 is 2.26 bits per heavy atom. The van der Waals surface area contributed by atoms with Crippen LogP contribution in [0, 0.1) is 17.8 Å². The van der Waals surface area contributed by atoms with Crippen LogP contribution in [0.2, 0.25) is 0 Å². The van der Waals surface area contributed by atoms with Crippen LogP contribution in [0.5, 0.6) is 0 Å². The molecule has 0 spiro atoms. The van der Waals surface area contributed by atoms with E-state index < -0.39 is 0 Å². The van der Waals surface area contributed by atoms with Crippen molar-refractivity contribution in [3.63, 3.8) is 0 Å². The predicted molar refractivity (Wildman–Crippen MR) is 171 cm³/mol. The van der Waals surface area contributed by atoms with Crippen LogP contribution in [0.25, 0.3) is 11.0 Å². The Bertz CT molecular complexity index is 1190. The molecule has 5 aliphatic rings. The molecule has 5 fully saturated rings. The van der Waals surface area contributed by atoms with Crippen molar-refractivity contribution in [1.82, 2.24) is 24.3 Å². The first-order valence-electron chi connectivity index (χ1n) is 17.8. The van der Waals surface area contributed by atoms with E-state index in [9.17, 15) is 4.79 Å². The van der Waals surface area contributed by atoms with Gasteiger partial charge in [-0.05, 0) is 102 Å². The molecule has 7 rings (SSSR count). The standard InChI is InChI=1S/C36H55N5O/c1-3-39(4-2)36(42)25-38-17-16-28(24-38)21-35-37-33-14-7-8-15-34(33)41(35)32-22-29-12-9-13-30(23-32)40(29)31-19-26-10-5-6-11-27(18-26)20-31/h7-8,14-15,26-32H,3-6,9-13,16-25H2,1-2H3/t26-,27+,28-,29-,30+,31?,32?/m0/s1. The first kappa shape index (κ1) is 28.8. The zero-order valence-corrected chi connectivity index (χ0v) is 26.4. The van der Waals surface area contributed by atoms with Crippen molar-refractivity contribution >= 4 is 16.9 Å². The number of benzene rings is 1. The minimum absolute atomic E-state index is 0.281. The van der Waals surface area contributed by atoms with E-state index in [0.29, 0.717) is 18.5 Å². The Labute approximate surface area is 254 Å². The number of nitrogens with zero attached hydrogens (tertiary/aromatic N) is 5. The number of para-hydroxylation sites is 2. The van der Waals surface area contributed by atoms with Gasteiger partial charge in [-0.2, -0.15) is 0 Å². The Morgan fingerprint density at radius 2 is 1.55 bits per heavy atom. The smallest absolute Gasteiger partial charge is 0.236 e. The summed E-state index contributed by atoms with van der Waals surface area (Å²) in [6.45, 7) is 8.39. The van der Waals surface area contributed by atoms with Gasteiger partial charge < -0.3 is 9.47 Å². The fourth-order valence-corrected chi connectivity index (χ4v) is 10.3. The lowest BCUT2D eigenvalue weighted by Crippen LogP contribution is -2.58. The lowest BCUT2D eigenvalue weighted by molar-refractivity contribution is -0.131. The summed E-state index contributed by atoms with van der Waals surface area (Å²) in [5.74, 6) is 4.15. The molecule has 2 aromatic rings. The molecule has 6 heteroatoms. The fraction of sp³-hybridized carbons (Fsp3) is 0.778. The normalized spacial score (nSPS) is 34.0. The molecule has 2 saturated carbocycles. The molecule has 1 aromatic carbocycles. The van der Waals surface area contributed by atoms with Crippen LogP contribution >= 0.6 is 0 Å². The molecule has 2 aliphatic carbocycles. The molecule has 4 bridgehead atoms. The topological polar surface area (TPSA) is 44.6 Å². The van der Waals surface area contributed by atoms with Crippen LogP contribution in [0.15, 0.2) is 24.3 Å². The van der Waals surface area contributed by atoms with Crippen LogP contribution in [-0.2, 0) is 11.2 Å². The van der Waals surface area contributed by atoms with Gasteiger partial charge in [0.2, 0.25) is 5.91 Å². The summed E-state index contributed by atoms with van der Waals surface area (Å²) in [4.78, 5) is 25.5. The van der Waals surface area contributed by atoms with Crippen molar-refractivity contribution in [2.75, 3.05) is 32.7 Å². The molecule has 7 atom stereocenters. The number of carbonyl (C=O) groups is 1. The number of aromatic nitrogens is 2. The number of hydrogen-bond acceptors (Lipinski definition) is 4. The average Bonchev–Trinajstić information content (AvgIpc) is 3.53. The lowest BCUT2D eigenvalue weighted by atomic mass is 9.73. The summed E-state index contributed by atoms with van der Waals surface area (Å²) in [6, 6.07) is 11.8. The van der Waals surface area contributed by atoms with E-state index >= 15 is 0 Å². The minimum Gasteiger partial charge on any atom is -0.342 e. The minimum atomic E-state index is 0.281. The molecule has 6 nitrogen and oxygen atoms in total. The quantitative estimate of drug-likeness (QED) is 0.353. The highest BCUT2D eigenvalue weighted by Crippen LogP contribution is 2.47. The average molecular weight is 574 g/mol. The molecule has 4 heterocycles. The maximum absolute atomic E-state index is 12.8. The number of fused-ring (bicyclic) bond motifs is 5. The number of amides is 1. The van der Waals surface area contributed by atoms with Crippen LogP contribution in [0.4, 0.5) is 0 Å². The Hall–Kier alpha value is -1.92. The maximum atomic E-state index is 12.8. The van der Waals surface area contributed by atoms with E-state index in [1.54, 1.807) is 0 Å². The molecule has 230 valence electrons. The van der Waals surface area contributed by atoms with Crippen molar-refractivity contribution < 1.29 is 4.79 Å². The van der Waals surface area contributed by atoms with Gasteiger partial charge in [0, 0.05) is 50.2 Å². The first-order chi connectivity index (χ1) is 20.6. The number of carbonyl (C=O) groups excluding carboxylic acids is 1. The summed E-state index contributed by atoms with van der Waals surface area (Å²) >= 11 is 0. The van der Waals surface area contributed by atoms with Crippen LogP contribution < -0.4 is 0 Å². The zero-order chi connectivity index (χ0) is 28.6. The summed E-state index contributed by atoms with van der Waals surface area (Å²) < 4.78 is 2.71. The SMILES string of the molecule is CCN(CC)C(=O)CN1CC[C@@H](Cc2nc3ccccc3n2C2C[C@H]3CCC[C@@H](C2)N3C2C[C@H]3CCCC[C@@H](C2)C3)C1. The molecule has 0 N–H and O–H groups in total. The van der Waals surface area contributed by atoms with Gasteiger partial charge in [-0.25, -0.2) is 4.98 Å². The van der Waals surface area contributed by atoms with E-state index in [1.165, 1.54) is 100 Å². The second-order valence-corrected chi connectivity index (χ2v) is 14.7. The molecular weight excluding hydrogens is 518 g/mol. The van der Waals surface area contributed by atoms with Gasteiger partial charge in [-0.3, -0.25) is 14.6 Å². The first-order valence-corrected chi connectivity index (χ1v) is 17.8. The van der Waals surface area contributed by atoms with Crippen LogP contribution in [-0.4, -0.2) is 81.0 Å². The van der Waals surface area contributed by atoms with Gasteiger partial charge in [-0.1, -0.05) is 44.2 Å². The summed E-state index contributed by atoms with van der Waals surface area (Å²) in [7, 11) is 0. The highest BCUT2D eigenvalue weighted by Gasteiger charge is 2.45. The van der Waals surface area contributed by atoms with Gasteiger partial charge in [0.1, 0.15) is 5.82 Å². The number of likely N-dealkylation sites (N-methyl/N-ethyl adjacent to an activating group) is 1. The van der Waals surface area contributed by atoms with E-state index in [4.69, 9.17) is 4.98 Å². The van der Waals surface area contributed by atoms with E-state index in [2.05, 4.69) is 52.5 Å². The third-order valence-electron chi connectivity index (χ3n) is 12.1. The summed E-state index contributed by atoms with van der Waals surface area (Å²) in [5.41, 5.74) is 2.52. The molecule has 3 saturated heterocycles. The van der Waals surface area contributed by atoms with E-state index in [0.717, 1.165) is 62.6 Å². The van der Waals surface area contributed by atoms with E-state index in [-0.39, 0.29) is 5.91 Å².